The molecule has 1 heterocycles. The van der Waals surface area contributed by atoms with E-state index in [1.54, 1.807) is 13.2 Å². The van der Waals surface area contributed by atoms with Crippen molar-refractivity contribution in [2.24, 2.45) is 11.8 Å². The molecule has 5 heteroatoms. The normalized spacial score (nSPS) is 23.4. The molecule has 2 N–H and O–H groups in total. The van der Waals surface area contributed by atoms with E-state index in [1.165, 1.54) is 44.6 Å². The average molecular weight is 463 g/mol. The minimum absolute atomic E-state index is 0.0378. The highest BCUT2D eigenvalue weighted by atomic mass is 19.1. The third kappa shape index (κ3) is 7.24. The van der Waals surface area contributed by atoms with Crippen molar-refractivity contribution in [2.45, 2.75) is 89.2 Å². The van der Waals surface area contributed by atoms with E-state index in [0.29, 0.717) is 24.6 Å². The van der Waals surface area contributed by atoms with E-state index in [-0.39, 0.29) is 11.7 Å². The lowest BCUT2D eigenvalue weighted by atomic mass is 9.73. The number of likely N-dealkylation sites (tertiary alicyclic amines) is 1. The third-order valence-electron chi connectivity index (χ3n) is 8.16. The molecule has 4 nitrogen and oxygen atoms in total. The van der Waals surface area contributed by atoms with Gasteiger partial charge in [0.1, 0.15) is 5.82 Å². The molecule has 0 spiro atoms. The van der Waals surface area contributed by atoms with E-state index in [4.69, 9.17) is 4.74 Å². The number of rotatable bonds is 12. The number of methoxy groups -OCH3 is 1. The predicted molar refractivity (Wildman–Crippen MR) is 134 cm³/mol. The van der Waals surface area contributed by atoms with Gasteiger partial charge in [0.15, 0.2) is 0 Å². The van der Waals surface area contributed by atoms with Gasteiger partial charge in [0.2, 0.25) is 0 Å². The summed E-state index contributed by atoms with van der Waals surface area (Å²) in [5.41, 5.74) is 0.348. The Morgan fingerprint density at radius 1 is 1.18 bits per heavy atom. The second-order valence-corrected chi connectivity index (χ2v) is 10.6. The molecule has 1 aromatic rings. The molecular weight excluding hydrogens is 415 g/mol. The zero-order valence-corrected chi connectivity index (χ0v) is 21.3. The minimum Gasteiger partial charge on any atom is -0.385 e. The van der Waals surface area contributed by atoms with Crippen molar-refractivity contribution in [3.05, 3.63) is 35.1 Å². The van der Waals surface area contributed by atoms with Crippen LogP contribution in [0.3, 0.4) is 0 Å². The summed E-state index contributed by atoms with van der Waals surface area (Å²) in [5, 5.41) is 15.6. The van der Waals surface area contributed by atoms with Crippen molar-refractivity contribution < 1.29 is 14.2 Å². The van der Waals surface area contributed by atoms with Gasteiger partial charge in [-0.1, -0.05) is 49.8 Å². The van der Waals surface area contributed by atoms with Crippen LogP contribution in [0.1, 0.15) is 81.8 Å². The van der Waals surface area contributed by atoms with Crippen LogP contribution in [-0.2, 0) is 10.3 Å². The Morgan fingerprint density at radius 2 is 1.97 bits per heavy atom. The number of nitrogens with zero attached hydrogens (tertiary/aromatic N) is 1. The van der Waals surface area contributed by atoms with Gasteiger partial charge in [0, 0.05) is 44.3 Å². The fourth-order valence-corrected chi connectivity index (χ4v) is 6.30. The van der Waals surface area contributed by atoms with Crippen molar-refractivity contribution in [1.82, 2.24) is 10.2 Å². The number of unbranched alkanes of at least 4 members (excludes halogenated alkanes) is 1. The molecule has 1 saturated heterocycles. The van der Waals surface area contributed by atoms with Crippen molar-refractivity contribution in [1.29, 1.82) is 0 Å². The molecule has 1 aliphatic heterocycles. The summed E-state index contributed by atoms with van der Waals surface area (Å²) in [6.07, 6.45) is 12.4. The second kappa shape index (κ2) is 13.2. The molecule has 0 bridgehead atoms. The van der Waals surface area contributed by atoms with Crippen LogP contribution in [0.5, 0.6) is 0 Å². The Hall–Kier alpha value is -1.01. The monoisotopic (exact) mass is 462 g/mol. The molecule has 188 valence electrons. The number of benzene rings is 1. The smallest absolute Gasteiger partial charge is 0.129 e. The summed E-state index contributed by atoms with van der Waals surface area (Å²) in [7, 11) is 3.75. The maximum Gasteiger partial charge on any atom is 0.129 e. The van der Waals surface area contributed by atoms with Crippen molar-refractivity contribution >= 4 is 0 Å². The summed E-state index contributed by atoms with van der Waals surface area (Å²) in [4.78, 5) is 2.60. The first-order valence-corrected chi connectivity index (χ1v) is 13.3. The van der Waals surface area contributed by atoms with Crippen LogP contribution in [0, 0.1) is 24.6 Å². The number of halogens is 1. The van der Waals surface area contributed by atoms with Gasteiger partial charge in [0.25, 0.3) is 0 Å². The van der Waals surface area contributed by atoms with Gasteiger partial charge >= 0.3 is 0 Å². The number of likely N-dealkylation sites (N-methyl/N-ethyl adjacent to an activating group) is 1. The molecular formula is C28H47FN2O2. The largest absolute Gasteiger partial charge is 0.385 e. The summed E-state index contributed by atoms with van der Waals surface area (Å²) in [5.74, 6) is 0.580. The fourth-order valence-electron chi connectivity index (χ4n) is 6.30. The number of piperidine rings is 1. The SMILES string of the molecule is CNCC(CC1CCCCC1)N1CCCC([C@@](O)(CCCCOC)c2cc(C)ccc2F)C1. The quantitative estimate of drug-likeness (QED) is 0.408. The summed E-state index contributed by atoms with van der Waals surface area (Å²) in [6, 6.07) is 5.68. The fraction of sp³-hybridized carbons (Fsp3) is 0.786. The maximum atomic E-state index is 15.1. The molecule has 1 aromatic carbocycles. The number of hydrogen-bond donors (Lipinski definition) is 2. The van der Waals surface area contributed by atoms with Crippen LogP contribution in [0.25, 0.3) is 0 Å². The number of ether oxygens (including phenoxy) is 1. The Morgan fingerprint density at radius 3 is 2.70 bits per heavy atom. The maximum absolute atomic E-state index is 15.1. The molecule has 2 aliphatic rings. The van der Waals surface area contributed by atoms with Crippen LogP contribution in [-0.4, -0.2) is 56.4 Å². The number of aryl methyl sites for hydroxylation is 1. The van der Waals surface area contributed by atoms with E-state index in [1.807, 2.05) is 20.0 Å². The van der Waals surface area contributed by atoms with Crippen LogP contribution in [0.2, 0.25) is 0 Å². The van der Waals surface area contributed by atoms with Crippen LogP contribution in [0.15, 0.2) is 18.2 Å². The predicted octanol–water partition coefficient (Wildman–Crippen LogP) is 5.41. The Balaban J connectivity index is 1.79. The van der Waals surface area contributed by atoms with E-state index in [9.17, 15) is 5.11 Å². The topological polar surface area (TPSA) is 44.7 Å². The molecule has 2 fully saturated rings. The highest BCUT2D eigenvalue weighted by Gasteiger charge is 2.43. The number of nitrogens with one attached hydrogen (secondary N) is 1. The van der Waals surface area contributed by atoms with Gasteiger partial charge in [-0.15, -0.1) is 0 Å². The lowest BCUT2D eigenvalue weighted by molar-refractivity contribution is -0.0711. The Bertz CT molecular complexity index is 709. The molecule has 2 unspecified atom stereocenters. The third-order valence-corrected chi connectivity index (χ3v) is 8.16. The lowest BCUT2D eigenvalue weighted by Crippen LogP contribution is -2.52. The molecule has 0 amide bonds. The van der Waals surface area contributed by atoms with Gasteiger partial charge in [-0.25, -0.2) is 4.39 Å². The summed E-state index contributed by atoms with van der Waals surface area (Å²) in [6.45, 7) is 5.55. The number of hydrogen-bond acceptors (Lipinski definition) is 4. The number of aliphatic hydroxyl groups is 1. The molecule has 0 aromatic heterocycles. The Labute approximate surface area is 201 Å². The van der Waals surface area contributed by atoms with Gasteiger partial charge < -0.3 is 15.2 Å². The minimum atomic E-state index is -1.14. The van der Waals surface area contributed by atoms with E-state index in [0.717, 1.165) is 56.8 Å². The highest BCUT2D eigenvalue weighted by molar-refractivity contribution is 5.30. The zero-order valence-electron chi connectivity index (χ0n) is 21.3. The summed E-state index contributed by atoms with van der Waals surface area (Å²) >= 11 is 0. The Kier molecular flexibility index (Phi) is 10.6. The highest BCUT2D eigenvalue weighted by Crippen LogP contribution is 2.42. The van der Waals surface area contributed by atoms with Crippen molar-refractivity contribution in [2.75, 3.05) is 40.4 Å². The molecule has 0 radical (unpaired) electrons. The first kappa shape index (κ1) is 26.6. The summed E-state index contributed by atoms with van der Waals surface area (Å²) < 4.78 is 20.3. The van der Waals surface area contributed by atoms with Crippen molar-refractivity contribution in [3.63, 3.8) is 0 Å². The van der Waals surface area contributed by atoms with Gasteiger partial charge in [-0.05, 0) is 71.0 Å². The first-order valence-electron chi connectivity index (χ1n) is 13.3. The van der Waals surface area contributed by atoms with Gasteiger partial charge in [-0.3, -0.25) is 4.90 Å². The van der Waals surface area contributed by atoms with E-state index < -0.39 is 5.60 Å². The molecule has 3 rings (SSSR count). The molecule has 1 saturated carbocycles. The average Bonchev–Trinajstić information content (AvgIpc) is 2.84. The van der Waals surface area contributed by atoms with Crippen LogP contribution >= 0.6 is 0 Å². The van der Waals surface area contributed by atoms with Crippen LogP contribution in [0.4, 0.5) is 4.39 Å². The van der Waals surface area contributed by atoms with Gasteiger partial charge in [0.05, 0.1) is 5.60 Å². The molecule has 3 atom stereocenters. The standard InChI is InChI=1S/C28H47FN2O2/c1-22-13-14-27(29)26(18-22)28(32,15-7-8-17-33-3)24-12-9-16-31(21-24)25(20-30-2)19-23-10-5-4-6-11-23/h13-14,18,23-25,30,32H,4-12,15-17,19-21H2,1-3H3/t24?,25?,28-/m0/s1. The van der Waals surface area contributed by atoms with Gasteiger partial charge in [-0.2, -0.15) is 0 Å². The van der Waals surface area contributed by atoms with E-state index in [2.05, 4.69) is 10.2 Å². The van der Waals surface area contributed by atoms with E-state index >= 15 is 4.39 Å². The molecule has 33 heavy (non-hydrogen) atoms. The zero-order chi connectivity index (χ0) is 23.7. The first-order chi connectivity index (χ1) is 16.0. The second-order valence-electron chi connectivity index (χ2n) is 10.6. The van der Waals surface area contributed by atoms with Crippen molar-refractivity contribution in [3.8, 4) is 0 Å². The van der Waals surface area contributed by atoms with Crippen LogP contribution < -0.4 is 5.32 Å². The lowest BCUT2D eigenvalue weighted by Gasteiger charge is -2.46. The molecule has 1 aliphatic carbocycles.